The number of aromatic nitrogens is 4. The fourth-order valence-corrected chi connectivity index (χ4v) is 1.54. The van der Waals surface area contributed by atoms with Gasteiger partial charge in [0, 0.05) is 6.42 Å². The normalized spacial score (nSPS) is 10.2. The first-order chi connectivity index (χ1) is 8.33. The Balaban J connectivity index is 2.35. The van der Waals surface area contributed by atoms with Crippen LogP contribution < -0.4 is 4.90 Å². The van der Waals surface area contributed by atoms with Gasteiger partial charge in [0.05, 0.1) is 5.69 Å². The van der Waals surface area contributed by atoms with Crippen LogP contribution in [0.3, 0.4) is 0 Å². The summed E-state index contributed by atoms with van der Waals surface area (Å²) in [4.78, 5) is 13.5. The Morgan fingerprint density at radius 3 is 2.71 bits per heavy atom. The molecule has 0 aliphatic rings. The summed E-state index contributed by atoms with van der Waals surface area (Å²) in [6.45, 7) is 1.96. The van der Waals surface area contributed by atoms with Crippen LogP contribution in [0.25, 0.3) is 0 Å². The lowest BCUT2D eigenvalue weighted by Gasteiger charge is -2.18. The summed E-state index contributed by atoms with van der Waals surface area (Å²) >= 11 is 0. The SMILES string of the molecule is CCCC(=O)N(c1ccccc1)c1nnn[nH]1. The molecular formula is C11H13N5O. The predicted molar refractivity (Wildman–Crippen MR) is 62.7 cm³/mol. The van der Waals surface area contributed by atoms with Gasteiger partial charge in [0.1, 0.15) is 0 Å². The Hall–Kier alpha value is -2.24. The molecule has 0 aliphatic heterocycles. The lowest BCUT2D eigenvalue weighted by atomic mass is 10.2. The van der Waals surface area contributed by atoms with E-state index in [-0.39, 0.29) is 5.91 Å². The molecular weight excluding hydrogens is 218 g/mol. The summed E-state index contributed by atoms with van der Waals surface area (Å²) in [6, 6.07) is 9.31. The van der Waals surface area contributed by atoms with E-state index in [9.17, 15) is 4.79 Å². The van der Waals surface area contributed by atoms with Crippen molar-refractivity contribution in [3.05, 3.63) is 30.3 Å². The maximum absolute atomic E-state index is 12.1. The van der Waals surface area contributed by atoms with Crippen molar-refractivity contribution in [3.8, 4) is 0 Å². The predicted octanol–water partition coefficient (Wildman–Crippen LogP) is 1.66. The number of carbonyl (C=O) groups excluding carboxylic acids is 1. The van der Waals surface area contributed by atoms with E-state index in [4.69, 9.17) is 0 Å². The van der Waals surface area contributed by atoms with Crippen LogP contribution in [0.4, 0.5) is 11.6 Å². The lowest BCUT2D eigenvalue weighted by Crippen LogP contribution is -2.26. The second kappa shape index (κ2) is 5.20. The number of para-hydroxylation sites is 1. The standard InChI is InChI=1S/C11H13N5O/c1-2-6-10(17)16(11-12-14-15-13-11)9-7-4-3-5-8-9/h3-5,7-8H,2,6H2,1H3,(H,12,13,14,15). The zero-order valence-electron chi connectivity index (χ0n) is 9.50. The number of tetrazole rings is 1. The lowest BCUT2D eigenvalue weighted by molar-refractivity contribution is -0.118. The van der Waals surface area contributed by atoms with Crippen LogP contribution in [0.15, 0.2) is 30.3 Å². The van der Waals surface area contributed by atoms with Crippen LogP contribution in [-0.4, -0.2) is 26.5 Å². The van der Waals surface area contributed by atoms with E-state index >= 15 is 0 Å². The Labute approximate surface area is 98.6 Å². The van der Waals surface area contributed by atoms with Crippen molar-refractivity contribution in [2.45, 2.75) is 19.8 Å². The number of hydrogen-bond donors (Lipinski definition) is 1. The molecule has 1 heterocycles. The maximum Gasteiger partial charge on any atom is 0.254 e. The third-order valence-electron chi connectivity index (χ3n) is 2.27. The summed E-state index contributed by atoms with van der Waals surface area (Å²) in [7, 11) is 0. The number of anilines is 2. The second-order valence-electron chi connectivity index (χ2n) is 3.54. The minimum atomic E-state index is -0.0303. The highest BCUT2D eigenvalue weighted by atomic mass is 16.2. The molecule has 2 rings (SSSR count). The van der Waals surface area contributed by atoms with Crippen LogP contribution in [0.1, 0.15) is 19.8 Å². The topological polar surface area (TPSA) is 74.8 Å². The van der Waals surface area contributed by atoms with Gasteiger partial charge in [0.25, 0.3) is 5.95 Å². The highest BCUT2D eigenvalue weighted by Crippen LogP contribution is 2.21. The van der Waals surface area contributed by atoms with E-state index in [1.807, 2.05) is 37.3 Å². The second-order valence-corrected chi connectivity index (χ2v) is 3.54. The molecule has 6 heteroatoms. The van der Waals surface area contributed by atoms with Crippen LogP contribution >= 0.6 is 0 Å². The molecule has 0 saturated carbocycles. The molecule has 0 saturated heterocycles. The maximum atomic E-state index is 12.1. The van der Waals surface area contributed by atoms with Crippen LogP contribution in [0.2, 0.25) is 0 Å². The molecule has 1 aromatic heterocycles. The van der Waals surface area contributed by atoms with Crippen LogP contribution in [0, 0.1) is 0 Å². The Morgan fingerprint density at radius 2 is 2.12 bits per heavy atom. The number of nitrogens with zero attached hydrogens (tertiary/aromatic N) is 4. The Kier molecular flexibility index (Phi) is 3.44. The zero-order valence-corrected chi connectivity index (χ0v) is 9.50. The number of carbonyl (C=O) groups is 1. The minimum Gasteiger partial charge on any atom is -0.274 e. The smallest absolute Gasteiger partial charge is 0.254 e. The first kappa shape index (κ1) is 11.3. The molecule has 1 N–H and O–H groups in total. The highest BCUT2D eigenvalue weighted by molar-refractivity contribution is 5.98. The van der Waals surface area contributed by atoms with E-state index in [0.717, 1.165) is 12.1 Å². The quantitative estimate of drug-likeness (QED) is 0.868. The van der Waals surface area contributed by atoms with E-state index < -0.39 is 0 Å². The van der Waals surface area contributed by atoms with Gasteiger partial charge in [0.2, 0.25) is 5.91 Å². The highest BCUT2D eigenvalue weighted by Gasteiger charge is 2.19. The molecule has 88 valence electrons. The number of nitrogens with one attached hydrogen (secondary N) is 1. The van der Waals surface area contributed by atoms with E-state index in [2.05, 4.69) is 20.6 Å². The Morgan fingerprint density at radius 1 is 1.35 bits per heavy atom. The number of rotatable bonds is 4. The van der Waals surface area contributed by atoms with Gasteiger partial charge >= 0.3 is 0 Å². The van der Waals surface area contributed by atoms with Crippen molar-refractivity contribution in [2.75, 3.05) is 4.90 Å². The largest absolute Gasteiger partial charge is 0.274 e. The van der Waals surface area contributed by atoms with Gasteiger partial charge in [-0.3, -0.25) is 4.79 Å². The summed E-state index contributed by atoms with van der Waals surface area (Å²) in [5.74, 6) is 0.312. The molecule has 17 heavy (non-hydrogen) atoms. The fraction of sp³-hybridized carbons (Fsp3) is 0.273. The van der Waals surface area contributed by atoms with Gasteiger partial charge in [-0.05, 0) is 29.0 Å². The molecule has 0 aliphatic carbocycles. The molecule has 1 aromatic carbocycles. The third-order valence-corrected chi connectivity index (χ3v) is 2.27. The molecule has 0 fully saturated rings. The average Bonchev–Trinajstić information content (AvgIpc) is 2.85. The summed E-state index contributed by atoms with van der Waals surface area (Å²) in [5.41, 5.74) is 0.754. The molecule has 1 amide bonds. The number of aromatic amines is 1. The molecule has 0 spiro atoms. The molecule has 6 nitrogen and oxygen atoms in total. The number of H-pyrrole nitrogens is 1. The zero-order chi connectivity index (χ0) is 12.1. The van der Waals surface area contributed by atoms with Crippen molar-refractivity contribution >= 4 is 17.5 Å². The molecule has 0 radical (unpaired) electrons. The van der Waals surface area contributed by atoms with Crippen molar-refractivity contribution in [3.63, 3.8) is 0 Å². The summed E-state index contributed by atoms with van der Waals surface area (Å²) in [5, 5.41) is 13.4. The summed E-state index contributed by atoms with van der Waals surface area (Å²) in [6.07, 6.45) is 1.24. The molecule has 0 unspecified atom stereocenters. The Bertz CT molecular complexity index is 468. The third kappa shape index (κ3) is 2.47. The first-order valence-corrected chi connectivity index (χ1v) is 5.44. The van der Waals surface area contributed by atoms with E-state index in [1.165, 1.54) is 4.90 Å². The van der Waals surface area contributed by atoms with Gasteiger partial charge in [-0.1, -0.05) is 30.2 Å². The first-order valence-electron chi connectivity index (χ1n) is 5.44. The number of hydrogen-bond acceptors (Lipinski definition) is 4. The van der Waals surface area contributed by atoms with Gasteiger partial charge in [-0.25, -0.2) is 10.00 Å². The molecule has 0 bridgehead atoms. The average molecular weight is 231 g/mol. The van der Waals surface area contributed by atoms with E-state index in [1.54, 1.807) is 0 Å². The van der Waals surface area contributed by atoms with E-state index in [0.29, 0.717) is 12.4 Å². The molecule has 2 aromatic rings. The van der Waals surface area contributed by atoms with Gasteiger partial charge < -0.3 is 0 Å². The summed E-state index contributed by atoms with van der Waals surface area (Å²) < 4.78 is 0. The van der Waals surface area contributed by atoms with Crippen molar-refractivity contribution in [1.29, 1.82) is 0 Å². The monoisotopic (exact) mass is 231 g/mol. The van der Waals surface area contributed by atoms with Crippen LogP contribution in [-0.2, 0) is 4.79 Å². The van der Waals surface area contributed by atoms with Crippen molar-refractivity contribution in [2.24, 2.45) is 0 Å². The van der Waals surface area contributed by atoms with Gasteiger partial charge in [-0.2, -0.15) is 0 Å². The molecule has 0 atom stereocenters. The van der Waals surface area contributed by atoms with Gasteiger partial charge in [-0.15, -0.1) is 0 Å². The number of amides is 1. The van der Waals surface area contributed by atoms with Gasteiger partial charge in [0.15, 0.2) is 0 Å². The van der Waals surface area contributed by atoms with Crippen LogP contribution in [0.5, 0.6) is 0 Å². The fourth-order valence-electron chi connectivity index (χ4n) is 1.54. The number of benzene rings is 1. The minimum absolute atomic E-state index is 0.0303. The van der Waals surface area contributed by atoms with Crippen molar-refractivity contribution < 1.29 is 4.79 Å². The van der Waals surface area contributed by atoms with Crippen molar-refractivity contribution in [1.82, 2.24) is 20.6 Å².